The van der Waals surface area contributed by atoms with E-state index in [2.05, 4.69) is 39.2 Å². The van der Waals surface area contributed by atoms with Crippen molar-refractivity contribution in [3.63, 3.8) is 0 Å². The largest absolute Gasteiger partial charge is 0.133 e. The minimum absolute atomic E-state index is 0.721. The molecule has 0 amide bonds. The number of rotatable bonds is 1. The minimum atomic E-state index is 0.721. The zero-order valence-electron chi connectivity index (χ0n) is 8.51. The fourth-order valence-corrected chi connectivity index (χ4v) is 2.71. The van der Waals surface area contributed by atoms with Crippen LogP contribution >= 0.6 is 0 Å². The molecule has 68 valence electrons. The molecule has 0 heterocycles. The van der Waals surface area contributed by atoms with E-state index in [1.54, 1.807) is 0 Å². The van der Waals surface area contributed by atoms with Gasteiger partial charge in [0.05, 0.1) is 0 Å². The highest BCUT2D eigenvalue weighted by molar-refractivity contribution is 4.93. The smallest absolute Gasteiger partial charge is 0.0106 e. The van der Waals surface area contributed by atoms with Gasteiger partial charge in [0, 0.05) is 0 Å². The molecule has 1 fully saturated rings. The van der Waals surface area contributed by atoms with Crippen molar-refractivity contribution in [3.05, 3.63) is 18.4 Å². The second kappa shape index (κ2) is 3.96. The lowest BCUT2D eigenvalue weighted by Crippen LogP contribution is -2.27. The van der Waals surface area contributed by atoms with E-state index in [0.717, 1.165) is 23.7 Å². The van der Waals surface area contributed by atoms with Crippen LogP contribution in [-0.4, -0.2) is 0 Å². The van der Waals surface area contributed by atoms with E-state index >= 15 is 0 Å². The molecule has 0 heteroatoms. The van der Waals surface area contributed by atoms with Crippen molar-refractivity contribution < 1.29 is 0 Å². The Labute approximate surface area is 76.4 Å². The van der Waals surface area contributed by atoms with Crippen LogP contribution in [0.4, 0.5) is 0 Å². The third-order valence-corrected chi connectivity index (χ3v) is 3.17. The van der Waals surface area contributed by atoms with Crippen molar-refractivity contribution >= 4 is 0 Å². The van der Waals surface area contributed by atoms with Crippen LogP contribution in [0.2, 0.25) is 0 Å². The van der Waals surface area contributed by atoms with Crippen molar-refractivity contribution in [2.24, 2.45) is 23.7 Å². The average molecular weight is 164 g/mol. The molecule has 1 aliphatic carbocycles. The van der Waals surface area contributed by atoms with Gasteiger partial charge in [-0.25, -0.2) is 0 Å². The quantitative estimate of drug-likeness (QED) is 0.519. The Morgan fingerprint density at radius 2 is 1.67 bits per heavy atom. The summed E-state index contributed by atoms with van der Waals surface area (Å²) in [7, 11) is 0. The summed E-state index contributed by atoms with van der Waals surface area (Å²) in [5.74, 6) is 3.26. The first kappa shape index (κ1) is 9.61. The lowest BCUT2D eigenvalue weighted by Gasteiger charge is -2.35. The van der Waals surface area contributed by atoms with E-state index in [9.17, 15) is 0 Å². The van der Waals surface area contributed by atoms with Crippen LogP contribution in [0.1, 0.15) is 33.6 Å². The van der Waals surface area contributed by atoms with Gasteiger partial charge in [-0.1, -0.05) is 27.4 Å². The molecule has 0 radical (unpaired) electrons. The first-order valence-electron chi connectivity index (χ1n) is 5.01. The molecule has 0 aromatic heterocycles. The molecule has 0 saturated heterocycles. The Kier molecular flexibility index (Phi) is 3.17. The Balaban J connectivity index is 2.66. The predicted molar refractivity (Wildman–Crippen MR) is 53.9 cm³/mol. The summed E-state index contributed by atoms with van der Waals surface area (Å²) < 4.78 is 0. The Bertz CT molecular complexity index is 174. The predicted octanol–water partition coefficient (Wildman–Crippen LogP) is 3.65. The van der Waals surface area contributed by atoms with Gasteiger partial charge >= 0.3 is 0 Å². The molecule has 0 N–H and O–H groups in total. The van der Waals surface area contributed by atoms with Gasteiger partial charge in [-0.2, -0.15) is 0 Å². The van der Waals surface area contributed by atoms with Gasteiger partial charge in [-0.05, 0) is 42.6 Å². The van der Waals surface area contributed by atoms with Gasteiger partial charge in [0.25, 0.3) is 0 Å². The van der Waals surface area contributed by atoms with E-state index in [1.165, 1.54) is 12.8 Å². The van der Waals surface area contributed by atoms with Gasteiger partial charge < -0.3 is 0 Å². The SMILES string of the molecule is C=C=CC1C(C)CC(C)CC1C. The standard InChI is InChI=1S/C12H20/c1-5-6-12-10(3)7-9(2)8-11(12)4/h6,9-12H,1,7-8H2,2-4H3. The molecule has 12 heavy (non-hydrogen) atoms. The Hall–Kier alpha value is -0.480. The van der Waals surface area contributed by atoms with E-state index in [0.29, 0.717) is 0 Å². The van der Waals surface area contributed by atoms with Crippen molar-refractivity contribution in [2.45, 2.75) is 33.6 Å². The summed E-state index contributed by atoms with van der Waals surface area (Å²) in [5.41, 5.74) is 2.94. The molecular formula is C12H20. The molecule has 2 atom stereocenters. The van der Waals surface area contributed by atoms with Gasteiger partial charge in [-0.3, -0.25) is 0 Å². The van der Waals surface area contributed by atoms with E-state index in [-0.39, 0.29) is 0 Å². The maximum absolute atomic E-state index is 3.66. The lowest BCUT2D eigenvalue weighted by molar-refractivity contribution is 0.173. The molecule has 2 unspecified atom stereocenters. The molecule has 0 aromatic rings. The summed E-state index contributed by atoms with van der Waals surface area (Å²) in [6.07, 6.45) is 4.90. The summed E-state index contributed by atoms with van der Waals surface area (Å²) in [6, 6.07) is 0. The summed E-state index contributed by atoms with van der Waals surface area (Å²) in [5, 5.41) is 0. The minimum Gasteiger partial charge on any atom is -0.133 e. The van der Waals surface area contributed by atoms with Crippen LogP contribution in [0.15, 0.2) is 18.4 Å². The summed E-state index contributed by atoms with van der Waals surface area (Å²) >= 11 is 0. The fourth-order valence-electron chi connectivity index (χ4n) is 2.71. The summed E-state index contributed by atoms with van der Waals surface area (Å²) in [4.78, 5) is 0. The fraction of sp³-hybridized carbons (Fsp3) is 0.750. The van der Waals surface area contributed by atoms with Crippen molar-refractivity contribution in [3.8, 4) is 0 Å². The molecule has 1 saturated carbocycles. The zero-order valence-corrected chi connectivity index (χ0v) is 8.51. The Morgan fingerprint density at radius 3 is 2.08 bits per heavy atom. The Morgan fingerprint density at radius 1 is 1.17 bits per heavy atom. The van der Waals surface area contributed by atoms with E-state index < -0.39 is 0 Å². The molecule has 0 nitrogen and oxygen atoms in total. The van der Waals surface area contributed by atoms with Crippen LogP contribution in [-0.2, 0) is 0 Å². The van der Waals surface area contributed by atoms with Gasteiger partial charge in [-0.15, -0.1) is 5.73 Å². The van der Waals surface area contributed by atoms with Crippen molar-refractivity contribution in [1.82, 2.24) is 0 Å². The third-order valence-electron chi connectivity index (χ3n) is 3.17. The van der Waals surface area contributed by atoms with Crippen LogP contribution in [0, 0.1) is 23.7 Å². The van der Waals surface area contributed by atoms with Gasteiger partial charge in [0.2, 0.25) is 0 Å². The first-order valence-corrected chi connectivity index (χ1v) is 5.01. The van der Waals surface area contributed by atoms with Gasteiger partial charge in [0.15, 0.2) is 0 Å². The number of hydrogen-bond acceptors (Lipinski definition) is 0. The molecule has 0 spiro atoms. The lowest BCUT2D eigenvalue weighted by atomic mass is 9.70. The van der Waals surface area contributed by atoms with E-state index in [4.69, 9.17) is 0 Å². The third kappa shape index (κ3) is 2.01. The average Bonchev–Trinajstić information content (AvgIpc) is 1.96. The topological polar surface area (TPSA) is 0 Å². The van der Waals surface area contributed by atoms with Crippen LogP contribution in [0.25, 0.3) is 0 Å². The molecule has 1 rings (SSSR count). The van der Waals surface area contributed by atoms with Crippen molar-refractivity contribution in [2.75, 3.05) is 0 Å². The van der Waals surface area contributed by atoms with E-state index in [1.807, 2.05) is 0 Å². The molecule has 0 bridgehead atoms. The first-order chi connectivity index (χ1) is 5.65. The highest BCUT2D eigenvalue weighted by Crippen LogP contribution is 2.38. The van der Waals surface area contributed by atoms with Crippen LogP contribution < -0.4 is 0 Å². The highest BCUT2D eigenvalue weighted by atomic mass is 14.3. The number of hydrogen-bond donors (Lipinski definition) is 0. The number of allylic oxidation sites excluding steroid dienone is 1. The van der Waals surface area contributed by atoms with Crippen LogP contribution in [0.3, 0.4) is 0 Å². The van der Waals surface area contributed by atoms with Crippen molar-refractivity contribution in [1.29, 1.82) is 0 Å². The van der Waals surface area contributed by atoms with Gasteiger partial charge in [0.1, 0.15) is 0 Å². The zero-order chi connectivity index (χ0) is 9.14. The maximum atomic E-state index is 3.66. The molecular weight excluding hydrogens is 144 g/mol. The molecule has 0 aromatic carbocycles. The highest BCUT2D eigenvalue weighted by Gasteiger charge is 2.29. The normalized spacial score (nSPS) is 41.9. The van der Waals surface area contributed by atoms with Crippen LogP contribution in [0.5, 0.6) is 0 Å². The second-order valence-corrected chi connectivity index (χ2v) is 4.48. The second-order valence-electron chi connectivity index (χ2n) is 4.48. The summed E-state index contributed by atoms with van der Waals surface area (Å²) in [6.45, 7) is 10.7. The molecule has 0 aliphatic heterocycles. The maximum Gasteiger partial charge on any atom is -0.0106 e. The monoisotopic (exact) mass is 164 g/mol. The molecule has 1 aliphatic rings.